The molecule has 2 heterocycles. The first kappa shape index (κ1) is 7.55. The first-order valence-electron chi connectivity index (χ1n) is 3.57. The average Bonchev–Trinajstić information content (AvgIpc) is 2.30. The highest BCUT2D eigenvalue weighted by atomic mass is 16.7. The maximum absolute atomic E-state index is 9.36. The summed E-state index contributed by atoms with van der Waals surface area (Å²) < 4.78 is 15.2. The summed E-state index contributed by atoms with van der Waals surface area (Å²) in [5.74, 6) is 0. The van der Waals surface area contributed by atoms with Crippen LogP contribution in [0.5, 0.6) is 0 Å². The van der Waals surface area contributed by atoms with Crippen LogP contribution >= 0.6 is 0 Å². The molecular weight excluding hydrogens is 147 g/mol. The number of fused-ring (bicyclic) bond motifs is 1. The molecule has 1 N–H and O–H groups in total. The van der Waals surface area contributed by atoms with E-state index in [2.05, 4.69) is 0 Å². The third-order valence-corrected chi connectivity index (χ3v) is 2.00. The van der Waals surface area contributed by atoms with E-state index >= 15 is 0 Å². The second-order valence-electron chi connectivity index (χ2n) is 2.75. The van der Waals surface area contributed by atoms with Crippen molar-refractivity contribution in [1.82, 2.24) is 0 Å². The van der Waals surface area contributed by atoms with Crippen LogP contribution in [0.4, 0.5) is 0 Å². The zero-order valence-electron chi connectivity index (χ0n) is 5.97. The summed E-state index contributed by atoms with van der Waals surface area (Å²) in [6, 6.07) is -0.633. The third kappa shape index (κ3) is 1.18. The van der Waals surface area contributed by atoms with Crippen molar-refractivity contribution in [1.29, 1.82) is 0 Å². The molecule has 0 spiro atoms. The van der Waals surface area contributed by atoms with Crippen LogP contribution in [0.1, 0.15) is 0 Å². The van der Waals surface area contributed by atoms with E-state index in [1.54, 1.807) is 0 Å². The standard InChI is InChI=1S/C6H9BO4/c7-6-4(8)5-3(11-6)1-9-2-10-5/h3-6,8H,1-2H2. The lowest BCUT2D eigenvalue weighted by Crippen LogP contribution is -2.41. The molecule has 0 aliphatic carbocycles. The van der Waals surface area contributed by atoms with Crippen molar-refractivity contribution in [3.63, 3.8) is 0 Å². The molecule has 60 valence electrons. The topological polar surface area (TPSA) is 47.9 Å². The highest BCUT2D eigenvalue weighted by Gasteiger charge is 2.43. The molecule has 0 aromatic heterocycles. The maximum atomic E-state index is 9.36. The number of aliphatic hydroxyl groups is 1. The molecule has 2 saturated heterocycles. The van der Waals surface area contributed by atoms with Crippen LogP contribution in [-0.2, 0) is 14.2 Å². The van der Waals surface area contributed by atoms with Crippen LogP contribution in [0.3, 0.4) is 0 Å². The lowest BCUT2D eigenvalue weighted by atomic mass is 9.93. The fraction of sp³-hybridized carbons (Fsp3) is 1.00. The zero-order chi connectivity index (χ0) is 7.84. The lowest BCUT2D eigenvalue weighted by Gasteiger charge is -2.25. The Labute approximate surface area is 65.8 Å². The summed E-state index contributed by atoms with van der Waals surface area (Å²) in [4.78, 5) is 0. The Morgan fingerprint density at radius 3 is 3.00 bits per heavy atom. The van der Waals surface area contributed by atoms with E-state index in [9.17, 15) is 5.11 Å². The SMILES string of the molecule is [B]C1OC2COCOC2C1O. The Morgan fingerprint density at radius 2 is 2.27 bits per heavy atom. The number of rotatable bonds is 0. The number of aliphatic hydroxyl groups excluding tert-OH is 1. The van der Waals surface area contributed by atoms with Gasteiger partial charge in [-0.1, -0.05) is 0 Å². The van der Waals surface area contributed by atoms with Gasteiger partial charge in [-0.2, -0.15) is 0 Å². The van der Waals surface area contributed by atoms with Gasteiger partial charge in [-0.05, 0) is 0 Å². The van der Waals surface area contributed by atoms with Gasteiger partial charge in [-0.3, -0.25) is 0 Å². The highest BCUT2D eigenvalue weighted by molar-refractivity contribution is 6.11. The Bertz CT molecular complexity index is 154. The van der Waals surface area contributed by atoms with Gasteiger partial charge in [-0.25, -0.2) is 0 Å². The fourth-order valence-electron chi connectivity index (χ4n) is 1.40. The van der Waals surface area contributed by atoms with Gasteiger partial charge in [-0.15, -0.1) is 0 Å². The Balaban J connectivity index is 2.05. The summed E-state index contributed by atoms with van der Waals surface area (Å²) >= 11 is 0. The van der Waals surface area contributed by atoms with Crippen molar-refractivity contribution >= 4 is 7.85 Å². The second kappa shape index (κ2) is 2.75. The predicted molar refractivity (Wildman–Crippen MR) is 36.1 cm³/mol. The van der Waals surface area contributed by atoms with E-state index in [1.165, 1.54) is 0 Å². The normalized spacial score (nSPS) is 50.6. The van der Waals surface area contributed by atoms with E-state index in [1.807, 2.05) is 0 Å². The summed E-state index contributed by atoms with van der Waals surface area (Å²) in [5.41, 5.74) is 0. The number of ether oxygens (including phenoxy) is 3. The minimum absolute atomic E-state index is 0.200. The average molecular weight is 156 g/mol. The lowest BCUT2D eigenvalue weighted by molar-refractivity contribution is -0.187. The van der Waals surface area contributed by atoms with E-state index in [0.29, 0.717) is 6.61 Å². The van der Waals surface area contributed by atoms with Gasteiger partial charge in [0.2, 0.25) is 0 Å². The molecule has 0 bridgehead atoms. The van der Waals surface area contributed by atoms with Crippen LogP contribution in [-0.4, -0.2) is 50.7 Å². The van der Waals surface area contributed by atoms with Gasteiger partial charge in [0.1, 0.15) is 33.0 Å². The molecule has 0 amide bonds. The molecular formula is C6H9BO4. The van der Waals surface area contributed by atoms with E-state index in [-0.39, 0.29) is 19.0 Å². The fourth-order valence-corrected chi connectivity index (χ4v) is 1.40. The molecule has 2 fully saturated rings. The number of hydrogen-bond donors (Lipinski definition) is 1. The molecule has 2 radical (unpaired) electrons. The van der Waals surface area contributed by atoms with Gasteiger partial charge >= 0.3 is 0 Å². The van der Waals surface area contributed by atoms with Crippen molar-refractivity contribution in [2.75, 3.05) is 13.4 Å². The molecule has 5 heteroatoms. The van der Waals surface area contributed by atoms with Gasteiger partial charge in [0, 0.05) is 6.00 Å². The second-order valence-corrected chi connectivity index (χ2v) is 2.75. The Hall–Kier alpha value is -0.0951. The van der Waals surface area contributed by atoms with Crippen molar-refractivity contribution in [3.05, 3.63) is 0 Å². The first-order valence-corrected chi connectivity index (χ1v) is 3.57. The van der Waals surface area contributed by atoms with Crippen molar-refractivity contribution in [2.24, 2.45) is 0 Å². The van der Waals surface area contributed by atoms with Crippen LogP contribution < -0.4 is 0 Å². The van der Waals surface area contributed by atoms with E-state index < -0.39 is 12.1 Å². The minimum Gasteiger partial charge on any atom is -0.388 e. The third-order valence-electron chi connectivity index (χ3n) is 2.00. The van der Waals surface area contributed by atoms with Crippen molar-refractivity contribution in [2.45, 2.75) is 24.3 Å². The summed E-state index contributed by atoms with van der Waals surface area (Å²) in [5, 5.41) is 9.36. The molecule has 4 nitrogen and oxygen atoms in total. The Kier molecular flexibility index (Phi) is 1.89. The van der Waals surface area contributed by atoms with Gasteiger partial charge in [0.15, 0.2) is 0 Å². The van der Waals surface area contributed by atoms with E-state index in [4.69, 9.17) is 22.1 Å². The molecule has 0 aromatic carbocycles. The molecule has 0 aromatic rings. The van der Waals surface area contributed by atoms with Crippen LogP contribution in [0.25, 0.3) is 0 Å². The molecule has 2 rings (SSSR count). The summed E-state index contributed by atoms with van der Waals surface area (Å²) in [6.07, 6.45) is -1.23. The van der Waals surface area contributed by atoms with Gasteiger partial charge < -0.3 is 19.3 Å². The molecule has 4 unspecified atom stereocenters. The molecule has 2 aliphatic heterocycles. The first-order chi connectivity index (χ1) is 5.29. The molecule has 0 saturated carbocycles. The maximum Gasteiger partial charge on any atom is 0.147 e. The minimum atomic E-state index is -0.719. The van der Waals surface area contributed by atoms with Gasteiger partial charge in [0.25, 0.3) is 0 Å². The summed E-state index contributed by atoms with van der Waals surface area (Å²) in [6.45, 7) is 0.670. The molecule has 2 aliphatic rings. The van der Waals surface area contributed by atoms with Crippen molar-refractivity contribution < 1.29 is 19.3 Å². The quantitative estimate of drug-likeness (QED) is 0.439. The smallest absolute Gasteiger partial charge is 0.147 e. The van der Waals surface area contributed by atoms with Crippen LogP contribution in [0.2, 0.25) is 0 Å². The highest BCUT2D eigenvalue weighted by Crippen LogP contribution is 2.24. The monoisotopic (exact) mass is 156 g/mol. The molecule has 4 atom stereocenters. The number of hydrogen-bond acceptors (Lipinski definition) is 4. The van der Waals surface area contributed by atoms with E-state index in [0.717, 1.165) is 0 Å². The van der Waals surface area contributed by atoms with Gasteiger partial charge in [0.05, 0.1) is 6.61 Å². The van der Waals surface area contributed by atoms with Crippen LogP contribution in [0, 0.1) is 0 Å². The molecule has 11 heavy (non-hydrogen) atoms. The summed E-state index contributed by atoms with van der Waals surface area (Å²) in [7, 11) is 5.43. The Morgan fingerprint density at radius 1 is 1.45 bits per heavy atom. The predicted octanol–water partition coefficient (Wildman–Crippen LogP) is -1.39. The van der Waals surface area contributed by atoms with Crippen LogP contribution in [0.15, 0.2) is 0 Å². The zero-order valence-corrected chi connectivity index (χ0v) is 5.97. The largest absolute Gasteiger partial charge is 0.388 e. The van der Waals surface area contributed by atoms with Crippen molar-refractivity contribution in [3.8, 4) is 0 Å².